The van der Waals surface area contributed by atoms with Gasteiger partial charge in [-0.2, -0.15) is 5.10 Å². The van der Waals surface area contributed by atoms with Crippen LogP contribution in [0, 0.1) is 5.92 Å². The zero-order valence-electron chi connectivity index (χ0n) is 12.9. The van der Waals surface area contributed by atoms with E-state index in [0.29, 0.717) is 11.5 Å². The van der Waals surface area contributed by atoms with Gasteiger partial charge in [0.1, 0.15) is 0 Å². The summed E-state index contributed by atoms with van der Waals surface area (Å²) in [6.07, 6.45) is 5.73. The summed E-state index contributed by atoms with van der Waals surface area (Å²) in [5, 5.41) is 4.21. The fourth-order valence-corrected chi connectivity index (χ4v) is 3.01. The summed E-state index contributed by atoms with van der Waals surface area (Å²) in [5.41, 5.74) is 7.61. The van der Waals surface area contributed by atoms with E-state index in [4.69, 9.17) is 5.73 Å². The first-order valence-corrected chi connectivity index (χ1v) is 7.80. The van der Waals surface area contributed by atoms with Gasteiger partial charge in [0.25, 0.3) is 5.91 Å². The second-order valence-corrected chi connectivity index (χ2v) is 6.01. The molecule has 22 heavy (non-hydrogen) atoms. The van der Waals surface area contributed by atoms with Gasteiger partial charge in [-0.3, -0.25) is 4.79 Å². The molecule has 1 aliphatic heterocycles. The third-order valence-corrected chi connectivity index (χ3v) is 4.35. The maximum absolute atomic E-state index is 12.7. The van der Waals surface area contributed by atoms with Gasteiger partial charge in [0.05, 0.1) is 5.69 Å². The topological polar surface area (TPSA) is 64.2 Å². The number of aromatic nitrogens is 2. The van der Waals surface area contributed by atoms with Crippen molar-refractivity contribution in [2.24, 2.45) is 11.7 Å². The molecule has 3 rings (SSSR count). The Kier molecular flexibility index (Phi) is 4.24. The van der Waals surface area contributed by atoms with Crippen LogP contribution in [0.4, 0.5) is 0 Å². The third-order valence-electron chi connectivity index (χ3n) is 4.35. The average Bonchev–Trinajstić information content (AvgIpc) is 3.09. The lowest BCUT2D eigenvalue weighted by Crippen LogP contribution is -2.45. The van der Waals surface area contributed by atoms with Crippen molar-refractivity contribution in [2.45, 2.75) is 25.8 Å². The summed E-state index contributed by atoms with van der Waals surface area (Å²) in [6.45, 7) is 3.59. The number of nitrogens with zero attached hydrogens (tertiary/aromatic N) is 3. The van der Waals surface area contributed by atoms with Crippen LogP contribution in [-0.4, -0.2) is 39.7 Å². The molecule has 1 aromatic heterocycles. The highest BCUT2D eigenvalue weighted by molar-refractivity contribution is 5.94. The van der Waals surface area contributed by atoms with Gasteiger partial charge in [-0.1, -0.05) is 6.07 Å². The molecule has 0 radical (unpaired) electrons. The Morgan fingerprint density at radius 1 is 1.41 bits per heavy atom. The standard InChI is InChI=1S/C17H22N4O/c1-13(18)15-6-3-9-20(12-15)17(22)14-5-2-7-16(11-14)21-10-4-8-19-21/h2,4-5,7-8,10-11,13,15H,3,6,9,12,18H2,1H3/t13-,15-/m1/s1. The minimum atomic E-state index is 0.0827. The monoisotopic (exact) mass is 298 g/mol. The van der Waals surface area contributed by atoms with Crippen LogP contribution in [0.15, 0.2) is 42.7 Å². The van der Waals surface area contributed by atoms with Crippen LogP contribution in [0.1, 0.15) is 30.1 Å². The maximum Gasteiger partial charge on any atom is 0.253 e. The highest BCUT2D eigenvalue weighted by Crippen LogP contribution is 2.21. The van der Waals surface area contributed by atoms with E-state index < -0.39 is 0 Å². The molecule has 5 nitrogen and oxygen atoms in total. The Morgan fingerprint density at radius 2 is 2.27 bits per heavy atom. The molecule has 0 spiro atoms. The second-order valence-electron chi connectivity index (χ2n) is 6.01. The molecule has 1 aliphatic rings. The molecular formula is C17H22N4O. The van der Waals surface area contributed by atoms with Gasteiger partial charge >= 0.3 is 0 Å². The molecule has 2 heterocycles. The molecule has 1 aromatic carbocycles. The van der Waals surface area contributed by atoms with Crippen molar-refractivity contribution in [1.82, 2.24) is 14.7 Å². The van der Waals surface area contributed by atoms with Crippen molar-refractivity contribution in [3.8, 4) is 5.69 Å². The second kappa shape index (κ2) is 6.32. The van der Waals surface area contributed by atoms with Crippen molar-refractivity contribution in [3.05, 3.63) is 48.3 Å². The molecule has 0 saturated carbocycles. The Bertz CT molecular complexity index is 636. The predicted molar refractivity (Wildman–Crippen MR) is 85.8 cm³/mol. The van der Waals surface area contributed by atoms with Crippen LogP contribution in [0.3, 0.4) is 0 Å². The van der Waals surface area contributed by atoms with E-state index in [1.54, 1.807) is 10.9 Å². The fraction of sp³-hybridized carbons (Fsp3) is 0.412. The smallest absolute Gasteiger partial charge is 0.253 e. The number of hydrogen-bond donors (Lipinski definition) is 1. The number of likely N-dealkylation sites (tertiary alicyclic amines) is 1. The largest absolute Gasteiger partial charge is 0.338 e. The molecule has 5 heteroatoms. The van der Waals surface area contributed by atoms with Gasteiger partial charge in [-0.25, -0.2) is 4.68 Å². The van der Waals surface area contributed by atoms with E-state index >= 15 is 0 Å². The van der Waals surface area contributed by atoms with Crippen molar-refractivity contribution in [1.29, 1.82) is 0 Å². The van der Waals surface area contributed by atoms with E-state index in [2.05, 4.69) is 5.10 Å². The summed E-state index contributed by atoms with van der Waals surface area (Å²) in [6, 6.07) is 9.61. The molecule has 2 atom stereocenters. The number of benzene rings is 1. The summed E-state index contributed by atoms with van der Waals surface area (Å²) in [5.74, 6) is 0.478. The number of amides is 1. The molecule has 2 aromatic rings. The van der Waals surface area contributed by atoms with Crippen LogP contribution in [0.5, 0.6) is 0 Å². The highest BCUT2D eigenvalue weighted by Gasteiger charge is 2.26. The Hall–Kier alpha value is -2.14. The molecule has 0 aliphatic carbocycles. The number of hydrogen-bond acceptors (Lipinski definition) is 3. The first-order chi connectivity index (χ1) is 10.6. The fourth-order valence-electron chi connectivity index (χ4n) is 3.01. The minimum absolute atomic E-state index is 0.0827. The van der Waals surface area contributed by atoms with Gasteiger partial charge in [-0.15, -0.1) is 0 Å². The zero-order chi connectivity index (χ0) is 15.5. The first-order valence-electron chi connectivity index (χ1n) is 7.80. The molecule has 0 bridgehead atoms. The van der Waals surface area contributed by atoms with Crippen molar-refractivity contribution in [2.75, 3.05) is 13.1 Å². The molecular weight excluding hydrogens is 276 g/mol. The van der Waals surface area contributed by atoms with Crippen LogP contribution >= 0.6 is 0 Å². The first kappa shape index (κ1) is 14.8. The summed E-state index contributed by atoms with van der Waals surface area (Å²) in [7, 11) is 0. The van der Waals surface area contributed by atoms with Gasteiger partial charge < -0.3 is 10.6 Å². The lowest BCUT2D eigenvalue weighted by atomic mass is 9.92. The van der Waals surface area contributed by atoms with Crippen molar-refractivity contribution < 1.29 is 4.79 Å². The van der Waals surface area contributed by atoms with Crippen LogP contribution < -0.4 is 5.73 Å². The summed E-state index contributed by atoms with van der Waals surface area (Å²) >= 11 is 0. The number of piperidine rings is 1. The minimum Gasteiger partial charge on any atom is -0.338 e. The van der Waals surface area contributed by atoms with Crippen molar-refractivity contribution >= 4 is 5.91 Å². The lowest BCUT2D eigenvalue weighted by Gasteiger charge is -2.34. The SMILES string of the molecule is C[C@@H](N)[C@@H]1CCCN(C(=O)c2cccc(-n3cccn3)c2)C1. The Morgan fingerprint density at radius 3 is 3.00 bits per heavy atom. The Labute approximate surface area is 130 Å². The third kappa shape index (κ3) is 3.04. The number of carbonyl (C=O) groups is 1. The van der Waals surface area contributed by atoms with Gasteiger partial charge in [0, 0.05) is 37.1 Å². The predicted octanol–water partition coefficient (Wildman–Crippen LogP) is 2.07. The van der Waals surface area contributed by atoms with Gasteiger partial charge in [0.2, 0.25) is 0 Å². The molecule has 0 unspecified atom stereocenters. The van der Waals surface area contributed by atoms with Crippen molar-refractivity contribution in [3.63, 3.8) is 0 Å². The van der Waals surface area contributed by atoms with E-state index in [1.165, 1.54) is 0 Å². The zero-order valence-corrected chi connectivity index (χ0v) is 12.9. The van der Waals surface area contributed by atoms with Gasteiger partial charge in [0.15, 0.2) is 0 Å². The molecule has 1 amide bonds. The number of rotatable bonds is 3. The highest BCUT2D eigenvalue weighted by atomic mass is 16.2. The quantitative estimate of drug-likeness (QED) is 0.943. The molecule has 116 valence electrons. The van der Waals surface area contributed by atoms with E-state index in [1.807, 2.05) is 48.4 Å². The normalized spacial score (nSPS) is 19.9. The molecule has 1 fully saturated rings. The van der Waals surface area contributed by atoms with E-state index in [-0.39, 0.29) is 11.9 Å². The molecule has 1 saturated heterocycles. The summed E-state index contributed by atoms with van der Waals surface area (Å²) < 4.78 is 1.76. The lowest BCUT2D eigenvalue weighted by molar-refractivity contribution is 0.0661. The maximum atomic E-state index is 12.7. The average molecular weight is 298 g/mol. The van der Waals surface area contributed by atoms with Crippen LogP contribution in [-0.2, 0) is 0 Å². The van der Waals surface area contributed by atoms with Crippen LogP contribution in [0.25, 0.3) is 5.69 Å². The Balaban J connectivity index is 1.79. The summed E-state index contributed by atoms with van der Waals surface area (Å²) in [4.78, 5) is 14.7. The molecule has 2 N–H and O–H groups in total. The van der Waals surface area contributed by atoms with Gasteiger partial charge in [-0.05, 0) is 49.9 Å². The van der Waals surface area contributed by atoms with E-state index in [0.717, 1.165) is 31.6 Å². The van der Waals surface area contributed by atoms with E-state index in [9.17, 15) is 4.79 Å². The number of nitrogens with two attached hydrogens (primary N) is 1. The number of carbonyl (C=O) groups excluding carboxylic acids is 1. The van der Waals surface area contributed by atoms with Crippen LogP contribution in [0.2, 0.25) is 0 Å².